The maximum atomic E-state index is 7.15. The van der Waals surface area contributed by atoms with Crippen molar-refractivity contribution in [1.29, 1.82) is 0 Å². The minimum atomic E-state index is 0.0905. The molecule has 0 aliphatic carbocycles. The van der Waals surface area contributed by atoms with Gasteiger partial charge in [0.25, 0.3) is 0 Å². The van der Waals surface area contributed by atoms with Crippen LogP contribution in [-0.2, 0) is 17.4 Å². The molecule has 1 N–H and O–H groups in total. The summed E-state index contributed by atoms with van der Waals surface area (Å²) in [4.78, 5) is 2.27. The smallest absolute Gasteiger partial charge is 0.0878 e. The monoisotopic (exact) mass is 510 g/mol. The molecule has 0 spiro atoms. The number of rotatable bonds is 6. The first kappa shape index (κ1) is 26.8. The molecule has 0 aliphatic heterocycles. The van der Waals surface area contributed by atoms with Crippen molar-refractivity contribution < 1.29 is 0 Å². The van der Waals surface area contributed by atoms with Crippen LogP contribution in [0.5, 0.6) is 0 Å². The number of benzene rings is 4. The van der Waals surface area contributed by atoms with Gasteiger partial charge in [-0.15, -0.1) is 0 Å². The van der Waals surface area contributed by atoms with Crippen LogP contribution in [0, 0.1) is 6.92 Å². The lowest BCUT2D eigenvalue weighted by Crippen LogP contribution is -2.15. The van der Waals surface area contributed by atoms with Crippen LogP contribution in [0.2, 0.25) is 5.02 Å². The molecule has 0 heterocycles. The first-order valence-corrected chi connectivity index (χ1v) is 13.4. The Bertz CT molecular complexity index is 1270. The van der Waals surface area contributed by atoms with Gasteiger partial charge in [0, 0.05) is 17.9 Å². The highest BCUT2D eigenvalue weighted by atomic mass is 35.5. The van der Waals surface area contributed by atoms with Gasteiger partial charge >= 0.3 is 0 Å². The highest BCUT2D eigenvalue weighted by Crippen LogP contribution is 2.43. The molecule has 0 atom stereocenters. The minimum absolute atomic E-state index is 0.0905. The molecule has 2 nitrogen and oxygen atoms in total. The van der Waals surface area contributed by atoms with Gasteiger partial charge in [0.05, 0.1) is 16.4 Å². The molecule has 0 saturated carbocycles. The Morgan fingerprint density at radius 1 is 0.676 bits per heavy atom. The quantitative estimate of drug-likeness (QED) is 0.277. The molecule has 192 valence electrons. The average molecular weight is 511 g/mol. The third-order valence-corrected chi connectivity index (χ3v) is 7.14. The van der Waals surface area contributed by atoms with Crippen LogP contribution in [-0.4, -0.2) is 0 Å². The SMILES string of the molecule is Cc1cc(NCc2ccccc2)c(Cl)c(N(c2ccc(C(C)(C)C)cc2)c2ccc(C(C)(C)C)cc2)c1. The molecule has 0 fully saturated rings. The van der Waals surface area contributed by atoms with Gasteiger partial charge < -0.3 is 10.2 Å². The van der Waals surface area contributed by atoms with Gasteiger partial charge in [-0.05, 0) is 76.4 Å². The minimum Gasteiger partial charge on any atom is -0.380 e. The number of nitrogens with one attached hydrogen (secondary N) is 1. The topological polar surface area (TPSA) is 15.3 Å². The van der Waals surface area contributed by atoms with Crippen molar-refractivity contribution in [2.24, 2.45) is 0 Å². The van der Waals surface area contributed by atoms with Crippen molar-refractivity contribution in [3.63, 3.8) is 0 Å². The van der Waals surface area contributed by atoms with Crippen molar-refractivity contribution in [2.45, 2.75) is 65.8 Å². The van der Waals surface area contributed by atoms with E-state index >= 15 is 0 Å². The van der Waals surface area contributed by atoms with Gasteiger partial charge in [0.1, 0.15) is 0 Å². The molecule has 0 amide bonds. The number of hydrogen-bond donors (Lipinski definition) is 1. The molecular formula is C34H39ClN2. The summed E-state index contributed by atoms with van der Waals surface area (Å²) < 4.78 is 0. The van der Waals surface area contributed by atoms with E-state index < -0.39 is 0 Å². The predicted octanol–water partition coefficient (Wildman–Crippen LogP) is 10.3. The van der Waals surface area contributed by atoms with Crippen LogP contribution in [0.15, 0.2) is 91.0 Å². The third-order valence-electron chi connectivity index (χ3n) is 6.75. The number of halogens is 1. The van der Waals surface area contributed by atoms with Crippen molar-refractivity contribution >= 4 is 34.4 Å². The maximum Gasteiger partial charge on any atom is 0.0878 e. The standard InChI is InChI=1S/C34H39ClN2/c1-24-21-30(36-23-25-11-9-8-10-12-25)32(35)31(22-24)37(28-17-13-26(14-18-28)33(2,3)4)29-19-15-27(16-20-29)34(5,6)7/h8-22,36H,23H2,1-7H3. The summed E-state index contributed by atoms with van der Waals surface area (Å²) in [5.41, 5.74) is 9.22. The zero-order valence-electron chi connectivity index (χ0n) is 23.2. The predicted molar refractivity (Wildman–Crippen MR) is 162 cm³/mol. The number of hydrogen-bond acceptors (Lipinski definition) is 2. The first-order chi connectivity index (χ1) is 17.4. The van der Waals surface area contributed by atoms with E-state index in [0.29, 0.717) is 11.6 Å². The van der Waals surface area contributed by atoms with E-state index in [1.54, 1.807) is 0 Å². The molecule has 0 saturated heterocycles. The lowest BCUT2D eigenvalue weighted by atomic mass is 9.86. The summed E-state index contributed by atoms with van der Waals surface area (Å²) in [6.07, 6.45) is 0. The molecule has 4 aromatic rings. The summed E-state index contributed by atoms with van der Waals surface area (Å²) in [6, 6.07) is 32.4. The van der Waals surface area contributed by atoms with E-state index in [0.717, 1.165) is 28.3 Å². The second kappa shape index (κ2) is 10.6. The largest absolute Gasteiger partial charge is 0.380 e. The third kappa shape index (κ3) is 6.37. The van der Waals surface area contributed by atoms with E-state index in [4.69, 9.17) is 11.6 Å². The molecule has 0 aliphatic rings. The van der Waals surface area contributed by atoms with Gasteiger partial charge in [-0.2, -0.15) is 0 Å². The van der Waals surface area contributed by atoms with Gasteiger partial charge in [-0.3, -0.25) is 0 Å². The fourth-order valence-electron chi connectivity index (χ4n) is 4.48. The van der Waals surface area contributed by atoms with Crippen LogP contribution in [0.25, 0.3) is 0 Å². The van der Waals surface area contributed by atoms with Crippen molar-refractivity contribution in [1.82, 2.24) is 0 Å². The average Bonchev–Trinajstić information content (AvgIpc) is 2.85. The second-order valence-corrected chi connectivity index (χ2v) is 12.3. The first-order valence-electron chi connectivity index (χ1n) is 13.0. The van der Waals surface area contributed by atoms with Crippen LogP contribution in [0.1, 0.15) is 63.8 Å². The van der Waals surface area contributed by atoms with Gasteiger partial charge in [0.15, 0.2) is 0 Å². The second-order valence-electron chi connectivity index (χ2n) is 11.9. The molecule has 37 heavy (non-hydrogen) atoms. The lowest BCUT2D eigenvalue weighted by molar-refractivity contribution is 0.590. The van der Waals surface area contributed by atoms with E-state index in [-0.39, 0.29) is 10.8 Å². The molecule has 0 unspecified atom stereocenters. The van der Waals surface area contributed by atoms with Gasteiger partial charge in [-0.1, -0.05) is 108 Å². The highest BCUT2D eigenvalue weighted by molar-refractivity contribution is 6.36. The Morgan fingerprint density at radius 3 is 1.62 bits per heavy atom. The van der Waals surface area contributed by atoms with E-state index in [2.05, 4.69) is 144 Å². The normalized spacial score (nSPS) is 11.9. The molecule has 0 bridgehead atoms. The van der Waals surface area contributed by atoms with Crippen LogP contribution in [0.3, 0.4) is 0 Å². The molecular weight excluding hydrogens is 472 g/mol. The van der Waals surface area contributed by atoms with E-state index in [1.165, 1.54) is 16.7 Å². The Balaban J connectivity index is 1.80. The zero-order valence-corrected chi connectivity index (χ0v) is 23.9. The van der Waals surface area contributed by atoms with Crippen LogP contribution < -0.4 is 10.2 Å². The summed E-state index contributed by atoms with van der Waals surface area (Å²) in [6.45, 7) is 16.3. The van der Waals surface area contributed by atoms with Gasteiger partial charge in [-0.25, -0.2) is 0 Å². The molecule has 0 aromatic heterocycles. The Kier molecular flexibility index (Phi) is 7.71. The Labute approximate surface area is 228 Å². The van der Waals surface area contributed by atoms with Crippen molar-refractivity contribution in [3.8, 4) is 0 Å². The van der Waals surface area contributed by atoms with E-state index in [9.17, 15) is 0 Å². The Morgan fingerprint density at radius 2 is 1.16 bits per heavy atom. The summed E-state index contributed by atoms with van der Waals surface area (Å²) in [5.74, 6) is 0. The lowest BCUT2D eigenvalue weighted by Gasteiger charge is -2.29. The number of aryl methyl sites for hydroxylation is 1. The number of anilines is 4. The summed E-state index contributed by atoms with van der Waals surface area (Å²) in [7, 11) is 0. The summed E-state index contributed by atoms with van der Waals surface area (Å²) in [5, 5.41) is 4.28. The van der Waals surface area contributed by atoms with Gasteiger partial charge in [0.2, 0.25) is 0 Å². The number of nitrogens with zero attached hydrogens (tertiary/aromatic N) is 1. The summed E-state index contributed by atoms with van der Waals surface area (Å²) >= 11 is 7.15. The van der Waals surface area contributed by atoms with E-state index in [1.807, 2.05) is 6.07 Å². The zero-order chi connectivity index (χ0) is 26.8. The Hall–Kier alpha value is -3.23. The van der Waals surface area contributed by atoms with Crippen LogP contribution >= 0.6 is 11.6 Å². The highest BCUT2D eigenvalue weighted by Gasteiger charge is 2.21. The maximum absolute atomic E-state index is 7.15. The molecule has 4 aromatic carbocycles. The fraction of sp³-hybridized carbons (Fsp3) is 0.294. The van der Waals surface area contributed by atoms with Crippen LogP contribution in [0.4, 0.5) is 22.7 Å². The van der Waals surface area contributed by atoms with Crippen molar-refractivity contribution in [3.05, 3.63) is 118 Å². The molecule has 0 radical (unpaired) electrons. The molecule has 3 heteroatoms. The fourth-order valence-corrected chi connectivity index (χ4v) is 4.74. The molecule has 4 rings (SSSR count). The van der Waals surface area contributed by atoms with Crippen molar-refractivity contribution in [2.75, 3.05) is 10.2 Å².